The molecule has 248 valence electrons. The maximum atomic E-state index is 12.7. The van der Waals surface area contributed by atoms with Gasteiger partial charge in [-0.2, -0.15) is 0 Å². The summed E-state index contributed by atoms with van der Waals surface area (Å²) in [5.41, 5.74) is -1.75. The largest absolute Gasteiger partial charge is 0.468 e. The summed E-state index contributed by atoms with van der Waals surface area (Å²) in [4.78, 5) is 36.4. The Hall–Kier alpha value is -1.67. The number of ether oxygens (including phenoxy) is 4. The molecule has 0 radical (unpaired) electrons. The SMILES string of the molecule is CC(=O)O[C@H]1C[C@@]2(C)[C@@H]3C[C@H](OC(C)=O)[C@H]4C(C)(C)[C@@H](COC=O)CC[C@@]45C[C@@]35CC[C@]2(C)[C@H]1[C@@]1(C)CC[C@@H](C(C)(C)O)O1. The zero-order valence-electron chi connectivity index (χ0n) is 28.5. The van der Waals surface area contributed by atoms with Crippen LogP contribution in [-0.2, 0) is 33.3 Å². The molecule has 6 fully saturated rings. The topological polar surface area (TPSA) is 108 Å². The number of carbonyl (C=O) groups excluding carboxylic acids is 3. The van der Waals surface area contributed by atoms with E-state index in [-0.39, 0.29) is 75.1 Å². The maximum absolute atomic E-state index is 12.7. The van der Waals surface area contributed by atoms with Crippen molar-refractivity contribution in [2.75, 3.05) is 6.61 Å². The van der Waals surface area contributed by atoms with Crippen LogP contribution in [0.5, 0.6) is 0 Å². The standard InChI is InChI=1S/C36H56O8/c1-21(38)42-24-16-26-33(8)17-25(43-22(2)39)29(34(9)12-11-27(44-34)31(5,6)40)32(33,7)14-15-35(26)19-36(35)13-10-23(18-41-20-37)30(3,4)28(24)36/h20,23-29,40H,10-19H2,1-9H3/t23-,24+,25+,26+,27+,28+,29+,32-,33+,34-,35+,36-/m1/s1. The molecule has 0 unspecified atom stereocenters. The molecule has 8 heteroatoms. The van der Waals surface area contributed by atoms with Gasteiger partial charge in [0.25, 0.3) is 6.47 Å². The fourth-order valence-corrected chi connectivity index (χ4v) is 13.2. The van der Waals surface area contributed by atoms with Crippen LogP contribution >= 0.6 is 0 Å². The fourth-order valence-electron chi connectivity index (χ4n) is 13.2. The smallest absolute Gasteiger partial charge is 0.302 e. The Morgan fingerprint density at radius 2 is 1.55 bits per heavy atom. The Morgan fingerprint density at radius 1 is 0.886 bits per heavy atom. The molecule has 0 amide bonds. The van der Waals surface area contributed by atoms with Crippen molar-refractivity contribution in [2.45, 2.75) is 150 Å². The second-order valence-electron chi connectivity index (χ2n) is 17.7. The van der Waals surface area contributed by atoms with E-state index in [2.05, 4.69) is 34.6 Å². The highest BCUT2D eigenvalue weighted by atomic mass is 16.6. The lowest BCUT2D eigenvalue weighted by molar-refractivity contribution is -0.217. The van der Waals surface area contributed by atoms with Gasteiger partial charge in [0.15, 0.2) is 0 Å². The Morgan fingerprint density at radius 3 is 2.14 bits per heavy atom. The van der Waals surface area contributed by atoms with E-state index in [1.165, 1.54) is 13.8 Å². The van der Waals surface area contributed by atoms with Crippen LogP contribution in [0.4, 0.5) is 0 Å². The quantitative estimate of drug-likeness (QED) is 0.211. The number of hydrogen-bond donors (Lipinski definition) is 1. The van der Waals surface area contributed by atoms with Crippen LogP contribution < -0.4 is 0 Å². The zero-order chi connectivity index (χ0) is 32.3. The van der Waals surface area contributed by atoms with Crippen molar-refractivity contribution in [1.29, 1.82) is 0 Å². The molecule has 6 rings (SSSR count). The molecule has 1 aliphatic heterocycles. The number of esters is 2. The molecule has 12 atom stereocenters. The lowest BCUT2D eigenvalue weighted by Crippen LogP contribution is -2.62. The number of rotatable bonds is 7. The van der Waals surface area contributed by atoms with Gasteiger partial charge < -0.3 is 24.1 Å². The van der Waals surface area contributed by atoms with E-state index in [0.29, 0.717) is 19.0 Å². The van der Waals surface area contributed by atoms with E-state index >= 15 is 0 Å². The van der Waals surface area contributed by atoms with E-state index in [1.807, 2.05) is 13.8 Å². The molecule has 0 aromatic rings. The van der Waals surface area contributed by atoms with E-state index in [9.17, 15) is 19.5 Å². The summed E-state index contributed by atoms with van der Waals surface area (Å²) in [6.45, 7) is 19.3. The minimum atomic E-state index is -0.952. The van der Waals surface area contributed by atoms with Gasteiger partial charge in [-0.1, -0.05) is 27.7 Å². The Balaban J connectivity index is 1.41. The van der Waals surface area contributed by atoms with Gasteiger partial charge in [-0.3, -0.25) is 14.4 Å². The molecule has 0 aromatic carbocycles. The second kappa shape index (κ2) is 9.92. The normalized spacial score (nSPS) is 50.4. The van der Waals surface area contributed by atoms with Crippen LogP contribution in [0, 0.1) is 50.7 Å². The summed E-state index contributed by atoms with van der Waals surface area (Å²) in [7, 11) is 0. The molecule has 1 saturated heterocycles. The Kier molecular flexibility index (Phi) is 7.28. The first-order valence-corrected chi connectivity index (χ1v) is 17.1. The van der Waals surface area contributed by atoms with Crippen molar-refractivity contribution in [3.8, 4) is 0 Å². The van der Waals surface area contributed by atoms with Crippen molar-refractivity contribution in [2.24, 2.45) is 50.7 Å². The van der Waals surface area contributed by atoms with E-state index in [0.717, 1.165) is 57.8 Å². The molecule has 8 nitrogen and oxygen atoms in total. The first-order chi connectivity index (χ1) is 20.3. The second-order valence-corrected chi connectivity index (χ2v) is 17.7. The molecule has 5 aliphatic carbocycles. The van der Waals surface area contributed by atoms with Gasteiger partial charge in [-0.15, -0.1) is 0 Å². The maximum Gasteiger partial charge on any atom is 0.302 e. The van der Waals surface area contributed by atoms with Crippen LogP contribution in [0.3, 0.4) is 0 Å². The summed E-state index contributed by atoms with van der Waals surface area (Å²) in [5, 5.41) is 10.9. The molecule has 6 aliphatic rings. The van der Waals surface area contributed by atoms with Crippen LogP contribution in [0.15, 0.2) is 0 Å². The van der Waals surface area contributed by atoms with Gasteiger partial charge in [0.05, 0.1) is 23.9 Å². The lowest BCUT2D eigenvalue weighted by atomic mass is 9.40. The van der Waals surface area contributed by atoms with Gasteiger partial charge in [0.1, 0.15) is 12.2 Å². The van der Waals surface area contributed by atoms with Gasteiger partial charge in [0, 0.05) is 25.7 Å². The van der Waals surface area contributed by atoms with Crippen LogP contribution in [-0.4, -0.2) is 59.6 Å². The van der Waals surface area contributed by atoms with E-state index in [4.69, 9.17) is 18.9 Å². The van der Waals surface area contributed by atoms with Crippen molar-refractivity contribution < 1.29 is 38.4 Å². The summed E-state index contributed by atoms with van der Waals surface area (Å²) in [5.74, 6) is 0.208. The van der Waals surface area contributed by atoms with Gasteiger partial charge >= 0.3 is 11.9 Å². The van der Waals surface area contributed by atoms with Crippen LogP contribution in [0.25, 0.3) is 0 Å². The van der Waals surface area contributed by atoms with Crippen LogP contribution in [0.2, 0.25) is 0 Å². The Labute approximate surface area is 263 Å². The molecular weight excluding hydrogens is 560 g/mol. The van der Waals surface area contributed by atoms with E-state index in [1.54, 1.807) is 0 Å². The lowest BCUT2D eigenvalue weighted by Gasteiger charge is -2.65. The average Bonchev–Trinajstić information content (AvgIpc) is 3.23. The third-order valence-corrected chi connectivity index (χ3v) is 15.0. The summed E-state index contributed by atoms with van der Waals surface area (Å²) >= 11 is 0. The predicted octanol–water partition coefficient (Wildman–Crippen LogP) is 6.01. The molecule has 0 bridgehead atoms. The summed E-state index contributed by atoms with van der Waals surface area (Å²) in [6, 6.07) is 0. The molecular formula is C36H56O8. The third kappa shape index (κ3) is 4.24. The first kappa shape index (κ1) is 32.3. The number of carbonyl (C=O) groups is 3. The minimum Gasteiger partial charge on any atom is -0.468 e. The molecule has 1 heterocycles. The van der Waals surface area contributed by atoms with Crippen molar-refractivity contribution in [3.05, 3.63) is 0 Å². The van der Waals surface area contributed by atoms with Crippen LogP contribution in [0.1, 0.15) is 120 Å². The molecule has 5 saturated carbocycles. The highest BCUT2D eigenvalue weighted by Gasteiger charge is 2.85. The highest BCUT2D eigenvalue weighted by molar-refractivity contribution is 5.66. The Bertz CT molecular complexity index is 1210. The third-order valence-electron chi connectivity index (χ3n) is 15.0. The predicted molar refractivity (Wildman–Crippen MR) is 163 cm³/mol. The van der Waals surface area contributed by atoms with Crippen molar-refractivity contribution >= 4 is 18.4 Å². The molecule has 1 N–H and O–H groups in total. The summed E-state index contributed by atoms with van der Waals surface area (Å²) < 4.78 is 24.7. The van der Waals surface area contributed by atoms with Gasteiger partial charge in [-0.05, 0) is 117 Å². The van der Waals surface area contributed by atoms with Crippen molar-refractivity contribution in [1.82, 2.24) is 0 Å². The average molecular weight is 617 g/mol. The summed E-state index contributed by atoms with van der Waals surface area (Å²) in [6.07, 6.45) is 7.69. The minimum absolute atomic E-state index is 0.0131. The number of fused-ring (bicyclic) bond motifs is 2. The van der Waals surface area contributed by atoms with E-state index < -0.39 is 11.2 Å². The first-order valence-electron chi connectivity index (χ1n) is 17.1. The number of hydrogen-bond acceptors (Lipinski definition) is 8. The van der Waals surface area contributed by atoms with Gasteiger partial charge in [-0.25, -0.2) is 0 Å². The molecule has 0 aromatic heterocycles. The molecule has 2 spiro atoms. The zero-order valence-corrected chi connectivity index (χ0v) is 28.5. The van der Waals surface area contributed by atoms with Crippen molar-refractivity contribution in [3.63, 3.8) is 0 Å². The highest BCUT2D eigenvalue weighted by Crippen LogP contribution is 2.89. The fraction of sp³-hybridized carbons (Fsp3) is 0.917. The number of aliphatic hydroxyl groups is 1. The monoisotopic (exact) mass is 616 g/mol. The van der Waals surface area contributed by atoms with Gasteiger partial charge in [0.2, 0.25) is 0 Å². The molecule has 44 heavy (non-hydrogen) atoms.